The second kappa shape index (κ2) is 3.81. The fourth-order valence-corrected chi connectivity index (χ4v) is 2.50. The van der Waals surface area contributed by atoms with Crippen LogP contribution in [0.5, 0.6) is 5.75 Å². The van der Waals surface area contributed by atoms with E-state index in [2.05, 4.69) is 0 Å². The summed E-state index contributed by atoms with van der Waals surface area (Å²) in [6.45, 7) is 0.568. The minimum Gasteiger partial charge on any atom is -0.505 e. The molecule has 82 valence electrons. The van der Waals surface area contributed by atoms with Crippen LogP contribution in [0, 0.1) is 5.82 Å². The van der Waals surface area contributed by atoms with Gasteiger partial charge in [0.05, 0.1) is 0 Å². The Labute approximate surface area is 88.9 Å². The van der Waals surface area contributed by atoms with E-state index >= 15 is 0 Å². The molecule has 0 aliphatic heterocycles. The van der Waals surface area contributed by atoms with Crippen LogP contribution < -0.4 is 5.73 Å². The summed E-state index contributed by atoms with van der Waals surface area (Å²) in [6.07, 6.45) is 4.40. The average molecular weight is 209 g/mol. The molecule has 0 atom stereocenters. The van der Waals surface area contributed by atoms with Gasteiger partial charge >= 0.3 is 0 Å². The van der Waals surface area contributed by atoms with Gasteiger partial charge in [0, 0.05) is 12.0 Å². The molecule has 2 nitrogen and oxygen atoms in total. The Kier molecular flexibility index (Phi) is 2.65. The third-order valence-electron chi connectivity index (χ3n) is 3.51. The van der Waals surface area contributed by atoms with Crippen molar-refractivity contribution in [3.8, 4) is 5.75 Å². The lowest BCUT2D eigenvalue weighted by Crippen LogP contribution is -2.31. The minimum atomic E-state index is -0.566. The largest absolute Gasteiger partial charge is 0.505 e. The Morgan fingerprint density at radius 3 is 2.53 bits per heavy atom. The molecule has 3 N–H and O–H groups in total. The molecule has 1 fully saturated rings. The highest BCUT2D eigenvalue weighted by atomic mass is 19.1. The third-order valence-corrected chi connectivity index (χ3v) is 3.51. The number of aromatic hydroxyl groups is 1. The van der Waals surface area contributed by atoms with E-state index in [1.165, 1.54) is 12.1 Å². The van der Waals surface area contributed by atoms with Crippen LogP contribution in [0.1, 0.15) is 31.2 Å². The Morgan fingerprint density at radius 1 is 1.33 bits per heavy atom. The van der Waals surface area contributed by atoms with Crippen LogP contribution in [0.25, 0.3) is 0 Å². The molecular formula is C12H16FNO. The molecule has 1 aromatic carbocycles. The number of benzene rings is 1. The van der Waals surface area contributed by atoms with Gasteiger partial charge < -0.3 is 10.8 Å². The van der Waals surface area contributed by atoms with E-state index in [9.17, 15) is 9.50 Å². The quantitative estimate of drug-likeness (QED) is 0.785. The van der Waals surface area contributed by atoms with Crippen LogP contribution in [0.2, 0.25) is 0 Å². The highest BCUT2D eigenvalue weighted by molar-refractivity contribution is 5.35. The Balaban J connectivity index is 2.38. The average Bonchev–Trinajstić information content (AvgIpc) is 2.72. The summed E-state index contributed by atoms with van der Waals surface area (Å²) in [7, 11) is 0. The summed E-state index contributed by atoms with van der Waals surface area (Å²) in [5.74, 6) is -0.837. The molecule has 2 rings (SSSR count). The molecule has 15 heavy (non-hydrogen) atoms. The first kappa shape index (κ1) is 10.4. The van der Waals surface area contributed by atoms with Crippen LogP contribution in [-0.4, -0.2) is 11.7 Å². The van der Waals surface area contributed by atoms with E-state index in [1.54, 1.807) is 6.07 Å². The van der Waals surface area contributed by atoms with Crippen molar-refractivity contribution < 1.29 is 9.50 Å². The molecule has 0 saturated heterocycles. The van der Waals surface area contributed by atoms with Crippen molar-refractivity contribution in [1.29, 1.82) is 0 Å². The fourth-order valence-electron chi connectivity index (χ4n) is 2.50. The topological polar surface area (TPSA) is 46.2 Å². The smallest absolute Gasteiger partial charge is 0.164 e. The standard InChI is InChI=1S/C12H16FNO/c13-10-4-3-9(7-11(10)15)12(8-14)5-1-2-6-12/h3-4,7,15H,1-2,5-6,8,14H2. The molecule has 0 radical (unpaired) electrons. The van der Waals surface area contributed by atoms with E-state index < -0.39 is 5.82 Å². The van der Waals surface area contributed by atoms with Crippen LogP contribution in [0.15, 0.2) is 18.2 Å². The van der Waals surface area contributed by atoms with Gasteiger partial charge in [0.2, 0.25) is 0 Å². The summed E-state index contributed by atoms with van der Waals surface area (Å²) in [5.41, 5.74) is 6.75. The van der Waals surface area contributed by atoms with Crippen molar-refractivity contribution in [1.82, 2.24) is 0 Å². The van der Waals surface area contributed by atoms with Gasteiger partial charge in [-0.2, -0.15) is 0 Å². The number of hydrogen-bond donors (Lipinski definition) is 2. The lowest BCUT2D eigenvalue weighted by molar-refractivity contribution is 0.418. The normalized spacial score (nSPS) is 19.3. The maximum absolute atomic E-state index is 12.9. The number of phenols is 1. The van der Waals surface area contributed by atoms with Crippen molar-refractivity contribution in [3.63, 3.8) is 0 Å². The lowest BCUT2D eigenvalue weighted by atomic mass is 9.79. The van der Waals surface area contributed by atoms with Gasteiger partial charge in [-0.15, -0.1) is 0 Å². The number of nitrogens with two attached hydrogens (primary N) is 1. The highest BCUT2D eigenvalue weighted by Gasteiger charge is 2.34. The zero-order valence-electron chi connectivity index (χ0n) is 8.67. The predicted octanol–water partition coefficient (Wildman–Crippen LogP) is 2.30. The molecule has 1 aromatic rings. The van der Waals surface area contributed by atoms with Crippen molar-refractivity contribution in [2.45, 2.75) is 31.1 Å². The predicted molar refractivity (Wildman–Crippen MR) is 57.3 cm³/mol. The Morgan fingerprint density at radius 2 is 2.00 bits per heavy atom. The maximum atomic E-state index is 12.9. The van der Waals surface area contributed by atoms with Crippen LogP contribution >= 0.6 is 0 Å². The first-order valence-corrected chi connectivity index (χ1v) is 5.37. The van der Waals surface area contributed by atoms with Gasteiger partial charge in [-0.3, -0.25) is 0 Å². The summed E-state index contributed by atoms with van der Waals surface area (Å²) >= 11 is 0. The number of hydrogen-bond acceptors (Lipinski definition) is 2. The zero-order chi connectivity index (χ0) is 10.9. The highest BCUT2D eigenvalue weighted by Crippen LogP contribution is 2.41. The molecule has 0 spiro atoms. The Bertz CT molecular complexity index is 359. The summed E-state index contributed by atoms with van der Waals surface area (Å²) in [5, 5.41) is 9.35. The van der Waals surface area contributed by atoms with Gasteiger partial charge in [-0.25, -0.2) is 4.39 Å². The fraction of sp³-hybridized carbons (Fsp3) is 0.500. The minimum absolute atomic E-state index is 0.0365. The van der Waals surface area contributed by atoms with Crippen molar-refractivity contribution in [2.24, 2.45) is 5.73 Å². The van der Waals surface area contributed by atoms with E-state index in [0.717, 1.165) is 31.2 Å². The monoisotopic (exact) mass is 209 g/mol. The van der Waals surface area contributed by atoms with Gasteiger partial charge in [0.15, 0.2) is 11.6 Å². The molecule has 0 heterocycles. The first-order chi connectivity index (χ1) is 7.18. The molecule has 0 bridgehead atoms. The molecule has 0 amide bonds. The van der Waals surface area contributed by atoms with Gasteiger partial charge in [0.25, 0.3) is 0 Å². The second-order valence-electron chi connectivity index (χ2n) is 4.36. The van der Waals surface area contributed by atoms with Crippen molar-refractivity contribution in [3.05, 3.63) is 29.6 Å². The molecule has 3 heteroatoms. The molecule has 0 aromatic heterocycles. The van der Waals surface area contributed by atoms with Crippen molar-refractivity contribution >= 4 is 0 Å². The van der Waals surface area contributed by atoms with Crippen molar-refractivity contribution in [2.75, 3.05) is 6.54 Å². The third kappa shape index (κ3) is 1.72. The number of rotatable bonds is 2. The molecule has 0 unspecified atom stereocenters. The maximum Gasteiger partial charge on any atom is 0.164 e. The van der Waals surface area contributed by atoms with Crippen LogP contribution in [-0.2, 0) is 5.41 Å². The number of phenolic OH excluding ortho intramolecular Hbond substituents is 1. The first-order valence-electron chi connectivity index (χ1n) is 5.37. The number of halogens is 1. The van der Waals surface area contributed by atoms with E-state index in [-0.39, 0.29) is 11.2 Å². The summed E-state index contributed by atoms with van der Waals surface area (Å²) in [6, 6.07) is 4.58. The molecule has 1 aliphatic carbocycles. The van der Waals surface area contributed by atoms with E-state index in [4.69, 9.17) is 5.73 Å². The van der Waals surface area contributed by atoms with Gasteiger partial charge in [0.1, 0.15) is 0 Å². The van der Waals surface area contributed by atoms with Crippen LogP contribution in [0.3, 0.4) is 0 Å². The zero-order valence-corrected chi connectivity index (χ0v) is 8.67. The second-order valence-corrected chi connectivity index (χ2v) is 4.36. The lowest BCUT2D eigenvalue weighted by Gasteiger charge is -2.27. The van der Waals surface area contributed by atoms with E-state index in [1.807, 2.05) is 0 Å². The van der Waals surface area contributed by atoms with E-state index in [0.29, 0.717) is 6.54 Å². The molecule has 1 aliphatic rings. The summed E-state index contributed by atoms with van der Waals surface area (Å²) < 4.78 is 12.9. The van der Waals surface area contributed by atoms with Crippen LogP contribution in [0.4, 0.5) is 4.39 Å². The molecular weight excluding hydrogens is 193 g/mol. The van der Waals surface area contributed by atoms with Gasteiger partial charge in [-0.05, 0) is 30.5 Å². The Hall–Kier alpha value is -1.09. The molecule has 1 saturated carbocycles. The SMILES string of the molecule is NCC1(c2ccc(F)c(O)c2)CCCC1. The van der Waals surface area contributed by atoms with Gasteiger partial charge in [-0.1, -0.05) is 18.9 Å². The summed E-state index contributed by atoms with van der Waals surface area (Å²) in [4.78, 5) is 0.